The smallest absolute Gasteiger partial charge is 0.546 e. The number of fused-ring (bicyclic) bond motifs is 1. The second-order valence-corrected chi connectivity index (χ2v) is 9.63. The van der Waals surface area contributed by atoms with Crippen molar-refractivity contribution in [1.82, 2.24) is 4.98 Å². The maximum absolute atomic E-state index is 11.7. The van der Waals surface area contributed by atoms with Gasteiger partial charge in [0.25, 0.3) is 0 Å². The van der Waals surface area contributed by atoms with Crippen LogP contribution >= 0.6 is 0 Å². The summed E-state index contributed by atoms with van der Waals surface area (Å²) >= 11 is 0. The van der Waals surface area contributed by atoms with E-state index in [1.165, 1.54) is 5.56 Å². The molecule has 4 aromatic carbocycles. The Kier molecular flexibility index (Phi) is 9.49. The molecule has 2 heterocycles. The average Bonchev–Trinajstić information content (AvgIpc) is 3.36. The number of aromatic nitrogens is 1. The first-order valence-electron chi connectivity index (χ1n) is 13.2. The first-order valence-corrected chi connectivity index (χ1v) is 13.2. The second-order valence-electron chi connectivity index (χ2n) is 9.63. The molecule has 41 heavy (non-hydrogen) atoms. The van der Waals surface area contributed by atoms with Crippen LogP contribution in [0.3, 0.4) is 0 Å². The van der Waals surface area contributed by atoms with Gasteiger partial charge in [0.2, 0.25) is 0 Å². The zero-order valence-corrected chi connectivity index (χ0v) is 25.8. The number of nitrogens with zero attached hydrogens (tertiary/aromatic N) is 1. The summed E-state index contributed by atoms with van der Waals surface area (Å²) in [5, 5.41) is 11.7. The van der Waals surface area contributed by atoms with Crippen molar-refractivity contribution < 1.29 is 70.4 Å². The van der Waals surface area contributed by atoms with E-state index in [-0.39, 0.29) is 57.8 Å². The van der Waals surface area contributed by atoms with Crippen LogP contribution in [0.1, 0.15) is 16.9 Å². The third-order valence-corrected chi connectivity index (χ3v) is 6.89. The van der Waals surface area contributed by atoms with Crippen molar-refractivity contribution in [1.29, 1.82) is 0 Å². The van der Waals surface area contributed by atoms with Gasteiger partial charge in [-0.2, -0.15) is 0 Å². The van der Waals surface area contributed by atoms with Gasteiger partial charge in [-0.15, -0.1) is 0 Å². The van der Waals surface area contributed by atoms with Crippen molar-refractivity contribution >= 4 is 17.1 Å². The third kappa shape index (κ3) is 6.86. The van der Waals surface area contributed by atoms with Gasteiger partial charge in [0.15, 0.2) is 5.58 Å². The number of hydrogen-bond donors (Lipinski definition) is 0. The molecule has 0 amide bonds. The Balaban J connectivity index is 0.00000337. The topological polar surface area (TPSA) is 75.4 Å². The Bertz CT molecular complexity index is 1730. The predicted octanol–water partition coefficient (Wildman–Crippen LogP) is 3.50. The monoisotopic (exact) mass is 563 g/mol. The van der Waals surface area contributed by atoms with Crippen molar-refractivity contribution in [3.05, 3.63) is 144 Å². The van der Waals surface area contributed by atoms with E-state index < -0.39 is 12.1 Å². The molecule has 0 saturated heterocycles. The third-order valence-electron chi connectivity index (χ3n) is 6.89. The SMILES string of the molecule is O=C([O-])[C@H](Cc1ccccc1)Oc1ccc(-c2ccc(-c3c(Cc4ccccc4)oc4cccnc34)cc2)cc1.[K+]. The van der Waals surface area contributed by atoms with Crippen molar-refractivity contribution in [2.75, 3.05) is 0 Å². The molecule has 0 fully saturated rings. The van der Waals surface area contributed by atoms with Crippen LogP contribution in [0.4, 0.5) is 0 Å². The minimum Gasteiger partial charge on any atom is -0.546 e. The summed E-state index contributed by atoms with van der Waals surface area (Å²) in [5.74, 6) is 0.121. The first-order chi connectivity index (χ1) is 19.6. The quantitative estimate of drug-likeness (QED) is 0.252. The van der Waals surface area contributed by atoms with Gasteiger partial charge in [-0.1, -0.05) is 97.1 Å². The number of carbonyl (C=O) groups excluding carboxylic acids is 1. The van der Waals surface area contributed by atoms with Gasteiger partial charge in [-0.3, -0.25) is 4.98 Å². The summed E-state index contributed by atoms with van der Waals surface area (Å²) in [4.78, 5) is 16.3. The van der Waals surface area contributed by atoms with Crippen LogP contribution in [-0.2, 0) is 17.6 Å². The van der Waals surface area contributed by atoms with Crippen LogP contribution in [0, 0.1) is 0 Å². The zero-order valence-electron chi connectivity index (χ0n) is 22.7. The molecule has 6 heteroatoms. The van der Waals surface area contributed by atoms with E-state index in [0.717, 1.165) is 44.7 Å². The van der Waals surface area contributed by atoms with Gasteiger partial charge >= 0.3 is 51.4 Å². The van der Waals surface area contributed by atoms with Gasteiger partial charge in [0.1, 0.15) is 23.1 Å². The van der Waals surface area contributed by atoms with Crippen molar-refractivity contribution in [3.63, 3.8) is 0 Å². The fourth-order valence-electron chi connectivity index (χ4n) is 4.90. The molecule has 6 aromatic rings. The number of ether oxygens (including phenoxy) is 1. The molecule has 196 valence electrons. The molecular weight excluding hydrogens is 537 g/mol. The summed E-state index contributed by atoms with van der Waals surface area (Å²) in [7, 11) is 0. The van der Waals surface area contributed by atoms with E-state index in [2.05, 4.69) is 41.4 Å². The molecular formula is C35H26KNO4. The van der Waals surface area contributed by atoms with Crippen molar-refractivity contribution in [3.8, 4) is 28.0 Å². The van der Waals surface area contributed by atoms with Gasteiger partial charge in [0, 0.05) is 24.6 Å². The first kappa shape index (κ1) is 29.0. The van der Waals surface area contributed by atoms with Gasteiger partial charge in [-0.25, -0.2) is 0 Å². The minimum absolute atomic E-state index is 0. The predicted molar refractivity (Wildman–Crippen MR) is 154 cm³/mol. The molecule has 0 bridgehead atoms. The van der Waals surface area contributed by atoms with Crippen molar-refractivity contribution in [2.45, 2.75) is 18.9 Å². The van der Waals surface area contributed by atoms with E-state index in [1.807, 2.05) is 72.8 Å². The van der Waals surface area contributed by atoms with E-state index in [1.54, 1.807) is 18.3 Å². The Labute approximate surface area is 281 Å². The van der Waals surface area contributed by atoms with Crippen LogP contribution in [0.5, 0.6) is 5.75 Å². The Hall–Kier alpha value is -3.52. The fourth-order valence-corrected chi connectivity index (χ4v) is 4.90. The summed E-state index contributed by atoms with van der Waals surface area (Å²) in [6.45, 7) is 0. The molecule has 0 aliphatic rings. The Morgan fingerprint density at radius 2 is 1.32 bits per heavy atom. The molecule has 0 unspecified atom stereocenters. The molecule has 1 atom stereocenters. The van der Waals surface area contributed by atoms with Gasteiger partial charge < -0.3 is 19.1 Å². The van der Waals surface area contributed by atoms with Crippen LogP contribution in [-0.4, -0.2) is 17.1 Å². The molecule has 0 N–H and O–H groups in total. The number of furan rings is 1. The van der Waals surface area contributed by atoms with E-state index in [9.17, 15) is 9.90 Å². The number of aliphatic carboxylic acids is 1. The van der Waals surface area contributed by atoms with E-state index in [0.29, 0.717) is 12.2 Å². The number of carboxylic acid groups (broad SMARTS) is 1. The molecule has 6 rings (SSSR count). The molecule has 0 spiro atoms. The van der Waals surface area contributed by atoms with Gasteiger partial charge in [-0.05, 0) is 52.1 Å². The largest absolute Gasteiger partial charge is 1.00 e. The van der Waals surface area contributed by atoms with Crippen LogP contribution in [0.15, 0.2) is 132 Å². The number of benzene rings is 4. The second kappa shape index (κ2) is 13.4. The number of pyridine rings is 1. The molecule has 0 aliphatic carbocycles. The van der Waals surface area contributed by atoms with E-state index in [4.69, 9.17) is 9.15 Å². The van der Waals surface area contributed by atoms with Crippen LogP contribution in [0.2, 0.25) is 0 Å². The molecule has 0 radical (unpaired) electrons. The Morgan fingerprint density at radius 1 is 0.732 bits per heavy atom. The summed E-state index contributed by atoms with van der Waals surface area (Å²) in [6.07, 6.45) is 1.62. The molecule has 2 aromatic heterocycles. The van der Waals surface area contributed by atoms with Crippen LogP contribution in [0.25, 0.3) is 33.4 Å². The number of hydrogen-bond acceptors (Lipinski definition) is 5. The number of rotatable bonds is 9. The summed E-state index contributed by atoms with van der Waals surface area (Å²) in [5.41, 5.74) is 7.72. The average molecular weight is 564 g/mol. The summed E-state index contributed by atoms with van der Waals surface area (Å²) in [6, 6.07) is 39.2. The van der Waals surface area contributed by atoms with E-state index >= 15 is 0 Å². The fraction of sp³-hybridized carbons (Fsp3) is 0.0857. The maximum Gasteiger partial charge on any atom is 1.00 e. The van der Waals surface area contributed by atoms with Crippen LogP contribution < -0.4 is 61.2 Å². The number of carbonyl (C=O) groups is 1. The normalized spacial score (nSPS) is 11.5. The summed E-state index contributed by atoms with van der Waals surface area (Å²) < 4.78 is 12.0. The van der Waals surface area contributed by atoms with Gasteiger partial charge in [0.05, 0.1) is 5.97 Å². The standard InChI is InChI=1S/C35H27NO4.K/c37-35(38)32(23-25-10-5-2-6-11-25)39-29-19-17-27(18-20-29)26-13-15-28(16-14-26)33-31(22-24-8-3-1-4-9-24)40-30-12-7-21-36-34(30)33;/h1-21,32H,22-23H2,(H,37,38);/q;+1/p-1/t32-;/m0./s1. The zero-order chi connectivity index (χ0) is 27.3. The Morgan fingerprint density at radius 3 is 1.95 bits per heavy atom. The van der Waals surface area contributed by atoms with Crippen molar-refractivity contribution in [2.24, 2.45) is 0 Å². The maximum atomic E-state index is 11.7. The number of carboxylic acids is 1. The molecule has 0 saturated carbocycles. The molecule has 0 aliphatic heterocycles. The minimum atomic E-state index is -1.24. The molecule has 5 nitrogen and oxygen atoms in total.